The summed E-state index contributed by atoms with van der Waals surface area (Å²) in [6.07, 6.45) is 0. The highest BCUT2D eigenvalue weighted by Gasteiger charge is 2.14. The third kappa shape index (κ3) is 6.42. The van der Waals surface area contributed by atoms with E-state index in [0.29, 0.717) is 11.1 Å². The van der Waals surface area contributed by atoms with Crippen LogP contribution >= 0.6 is 45.1 Å². The first-order valence-corrected chi connectivity index (χ1v) is 14.0. The van der Waals surface area contributed by atoms with Crippen molar-refractivity contribution in [3.8, 4) is 0 Å². The summed E-state index contributed by atoms with van der Waals surface area (Å²) < 4.78 is 0. The topological polar surface area (TPSA) is 86.2 Å². The molecule has 0 fully saturated rings. The molecule has 0 radical (unpaired) electrons. The molecule has 0 aliphatic heterocycles. The quantitative estimate of drug-likeness (QED) is 0.231. The molecule has 2 amide bonds. The lowest BCUT2D eigenvalue weighted by atomic mass is 10.2. The number of carbonyl (C=O) groups excluding carboxylic acids is 2. The Morgan fingerprint density at radius 2 is 0.882 bits per heavy atom. The number of nitrogens with two attached hydrogens (primary N) is 2. The van der Waals surface area contributed by atoms with Crippen LogP contribution in [0.25, 0.3) is 0 Å². The van der Waals surface area contributed by atoms with Crippen molar-refractivity contribution in [1.29, 1.82) is 0 Å². The van der Waals surface area contributed by atoms with Gasteiger partial charge in [0.15, 0.2) is 0 Å². The van der Waals surface area contributed by atoms with E-state index in [1.165, 1.54) is 0 Å². The minimum Gasteiger partial charge on any atom is -0.366 e. The molecule has 0 saturated heterocycles. The van der Waals surface area contributed by atoms with E-state index < -0.39 is 11.8 Å². The number of benzene rings is 4. The fourth-order valence-electron chi connectivity index (χ4n) is 2.94. The lowest BCUT2D eigenvalue weighted by Crippen LogP contribution is -2.10. The smallest absolute Gasteiger partial charge is 0.248 e. The summed E-state index contributed by atoms with van der Waals surface area (Å²) in [7, 11) is 3.19. The van der Waals surface area contributed by atoms with Gasteiger partial charge in [-0.3, -0.25) is 9.59 Å². The minimum absolute atomic E-state index is 0.456. The van der Waals surface area contributed by atoms with Gasteiger partial charge in [0.25, 0.3) is 0 Å². The molecule has 0 aromatic heterocycles. The molecule has 8 heteroatoms. The van der Waals surface area contributed by atoms with Crippen LogP contribution < -0.4 is 11.5 Å². The van der Waals surface area contributed by atoms with Crippen molar-refractivity contribution in [3.63, 3.8) is 0 Å². The van der Waals surface area contributed by atoms with Gasteiger partial charge in [0.2, 0.25) is 11.8 Å². The number of hydrogen-bond acceptors (Lipinski definition) is 6. The Balaban J connectivity index is 1.62. The average Bonchev–Trinajstić information content (AvgIpc) is 2.85. The minimum atomic E-state index is -0.456. The first kappa shape index (κ1) is 24.3. The molecule has 4 aromatic rings. The highest BCUT2D eigenvalue weighted by atomic mass is 33.1. The fraction of sp³-hybridized carbons (Fsp3) is 0. The standard InChI is InChI=1S/C26H20N2O2S4/c27-25(29)17-11-13-21(23(15-17)31-19-7-3-1-4-8-19)33-34-22-14-12-18(26(28)30)16-24(22)32-20-9-5-2-6-10-20/h1-16H,(H2,27,29)(H2,28,30). The molecule has 0 aliphatic carbocycles. The summed E-state index contributed by atoms with van der Waals surface area (Å²) in [6.45, 7) is 0. The van der Waals surface area contributed by atoms with E-state index in [1.54, 1.807) is 57.2 Å². The van der Waals surface area contributed by atoms with Gasteiger partial charge in [-0.1, -0.05) is 81.5 Å². The van der Waals surface area contributed by atoms with Gasteiger partial charge in [0, 0.05) is 40.5 Å². The normalized spacial score (nSPS) is 10.7. The molecule has 0 spiro atoms. The predicted molar refractivity (Wildman–Crippen MR) is 143 cm³/mol. The number of amides is 2. The first-order chi connectivity index (χ1) is 16.5. The highest BCUT2D eigenvalue weighted by molar-refractivity contribution is 8.76. The molecule has 0 heterocycles. The Labute approximate surface area is 214 Å². The molecule has 4 N–H and O–H groups in total. The van der Waals surface area contributed by atoms with Crippen molar-refractivity contribution >= 4 is 56.9 Å². The largest absolute Gasteiger partial charge is 0.366 e. The third-order valence-corrected chi connectivity index (χ3v) is 9.49. The number of carbonyl (C=O) groups is 2. The molecule has 0 saturated carbocycles. The second-order valence-electron chi connectivity index (χ2n) is 7.05. The van der Waals surface area contributed by atoms with Gasteiger partial charge in [-0.2, -0.15) is 0 Å². The van der Waals surface area contributed by atoms with Gasteiger partial charge in [0.1, 0.15) is 0 Å². The molecule has 0 bridgehead atoms. The molecule has 4 aromatic carbocycles. The SMILES string of the molecule is NC(=O)c1ccc(SSc2ccc(C(N)=O)cc2Sc2ccccc2)c(Sc2ccccc2)c1. The molecule has 170 valence electrons. The van der Waals surface area contributed by atoms with Gasteiger partial charge < -0.3 is 11.5 Å². The van der Waals surface area contributed by atoms with Crippen molar-refractivity contribution in [2.24, 2.45) is 11.5 Å². The summed E-state index contributed by atoms with van der Waals surface area (Å²) in [5, 5.41) is 0. The van der Waals surface area contributed by atoms with Gasteiger partial charge in [-0.15, -0.1) is 0 Å². The average molecular weight is 521 g/mol. The number of hydrogen-bond donors (Lipinski definition) is 2. The van der Waals surface area contributed by atoms with E-state index in [1.807, 2.05) is 84.9 Å². The molecular weight excluding hydrogens is 501 g/mol. The Kier molecular flexibility index (Phi) is 8.29. The Hall–Kier alpha value is -2.78. The van der Waals surface area contributed by atoms with E-state index in [-0.39, 0.29) is 0 Å². The molecule has 0 atom stereocenters. The molecule has 4 nitrogen and oxygen atoms in total. The van der Waals surface area contributed by atoms with E-state index in [4.69, 9.17) is 11.5 Å². The molecule has 0 unspecified atom stereocenters. The Morgan fingerprint density at radius 3 is 1.24 bits per heavy atom. The lowest BCUT2D eigenvalue weighted by Gasteiger charge is -2.13. The van der Waals surface area contributed by atoms with Crippen LogP contribution in [0.4, 0.5) is 0 Å². The zero-order chi connectivity index (χ0) is 23.9. The van der Waals surface area contributed by atoms with Gasteiger partial charge in [0.05, 0.1) is 0 Å². The summed E-state index contributed by atoms with van der Waals surface area (Å²) >= 11 is 3.17. The van der Waals surface area contributed by atoms with Gasteiger partial charge >= 0.3 is 0 Å². The van der Waals surface area contributed by atoms with Gasteiger partial charge in [-0.05, 0) is 60.7 Å². The van der Waals surface area contributed by atoms with Crippen LogP contribution in [-0.4, -0.2) is 11.8 Å². The van der Waals surface area contributed by atoms with Crippen LogP contribution in [0.3, 0.4) is 0 Å². The van der Waals surface area contributed by atoms with E-state index >= 15 is 0 Å². The van der Waals surface area contributed by atoms with Crippen LogP contribution in [0.15, 0.2) is 126 Å². The summed E-state index contributed by atoms with van der Waals surface area (Å²) in [6, 6.07) is 31.0. The van der Waals surface area contributed by atoms with E-state index in [9.17, 15) is 9.59 Å². The number of primary amides is 2. The molecule has 34 heavy (non-hydrogen) atoms. The third-order valence-electron chi connectivity index (χ3n) is 4.62. The Morgan fingerprint density at radius 1 is 0.500 bits per heavy atom. The van der Waals surface area contributed by atoms with E-state index in [2.05, 4.69) is 0 Å². The van der Waals surface area contributed by atoms with Crippen molar-refractivity contribution in [2.45, 2.75) is 29.4 Å². The summed E-state index contributed by atoms with van der Waals surface area (Å²) in [4.78, 5) is 29.6. The van der Waals surface area contributed by atoms with Crippen molar-refractivity contribution in [3.05, 3.63) is 108 Å². The zero-order valence-electron chi connectivity index (χ0n) is 17.8. The van der Waals surface area contributed by atoms with Crippen LogP contribution in [0.1, 0.15) is 20.7 Å². The zero-order valence-corrected chi connectivity index (χ0v) is 21.1. The fourth-order valence-corrected chi connectivity index (χ4v) is 7.68. The summed E-state index contributed by atoms with van der Waals surface area (Å²) in [5.74, 6) is -0.912. The van der Waals surface area contributed by atoms with E-state index in [0.717, 1.165) is 29.4 Å². The van der Waals surface area contributed by atoms with Crippen LogP contribution in [-0.2, 0) is 0 Å². The Bertz CT molecular complexity index is 1210. The predicted octanol–water partition coefficient (Wildman–Crippen LogP) is 6.99. The highest BCUT2D eigenvalue weighted by Crippen LogP contribution is 2.47. The van der Waals surface area contributed by atoms with Crippen molar-refractivity contribution in [1.82, 2.24) is 0 Å². The van der Waals surface area contributed by atoms with Crippen molar-refractivity contribution in [2.75, 3.05) is 0 Å². The maximum atomic E-state index is 11.8. The molecular formula is C26H20N2O2S4. The van der Waals surface area contributed by atoms with Crippen molar-refractivity contribution < 1.29 is 9.59 Å². The van der Waals surface area contributed by atoms with Crippen LogP contribution in [0.5, 0.6) is 0 Å². The summed E-state index contributed by atoms with van der Waals surface area (Å²) in [5.41, 5.74) is 12.0. The second-order valence-corrected chi connectivity index (χ2v) is 11.5. The monoisotopic (exact) mass is 520 g/mol. The molecule has 0 aliphatic rings. The number of rotatable bonds is 9. The van der Waals surface area contributed by atoms with Gasteiger partial charge in [-0.25, -0.2) is 0 Å². The first-order valence-electron chi connectivity index (χ1n) is 10.2. The van der Waals surface area contributed by atoms with Crippen LogP contribution in [0.2, 0.25) is 0 Å². The van der Waals surface area contributed by atoms with Crippen LogP contribution in [0, 0.1) is 0 Å². The maximum Gasteiger partial charge on any atom is 0.248 e. The maximum absolute atomic E-state index is 11.8. The second kappa shape index (κ2) is 11.6. The lowest BCUT2D eigenvalue weighted by molar-refractivity contribution is 0.0991. The molecule has 4 rings (SSSR count).